The number of nitrogens with zero attached hydrogens (tertiary/aromatic N) is 2. The molecule has 0 aliphatic carbocycles. The molecule has 1 aromatic heterocycles. The summed E-state index contributed by atoms with van der Waals surface area (Å²) in [5.74, 6) is 0.105. The molecule has 0 fully saturated rings. The zero-order valence-corrected chi connectivity index (χ0v) is 8.81. The second-order valence-electron chi connectivity index (χ2n) is 3.79. The van der Waals surface area contributed by atoms with Crippen LogP contribution in [0.5, 0.6) is 0 Å². The van der Waals surface area contributed by atoms with E-state index in [-0.39, 0.29) is 5.82 Å². The van der Waals surface area contributed by atoms with E-state index in [1.807, 2.05) is 6.07 Å². The quantitative estimate of drug-likeness (QED) is 0.734. The van der Waals surface area contributed by atoms with E-state index in [4.69, 9.17) is 0 Å². The van der Waals surface area contributed by atoms with Gasteiger partial charge in [0, 0.05) is 6.20 Å². The van der Waals surface area contributed by atoms with E-state index in [0.29, 0.717) is 11.6 Å². The molecule has 0 atom stereocenters. The molecule has 0 N–H and O–H groups in total. The van der Waals surface area contributed by atoms with Crippen molar-refractivity contribution < 1.29 is 4.39 Å². The molecule has 2 rings (SSSR count). The Kier molecular flexibility index (Phi) is 2.54. The molecule has 0 aliphatic heterocycles. The van der Waals surface area contributed by atoms with Crippen molar-refractivity contribution in [1.29, 1.82) is 0 Å². The number of hydrogen-bond donors (Lipinski definition) is 0. The Hall–Kier alpha value is -1.64. The van der Waals surface area contributed by atoms with Crippen molar-refractivity contribution in [2.45, 2.75) is 19.8 Å². The highest BCUT2D eigenvalue weighted by Gasteiger charge is 2.07. The van der Waals surface area contributed by atoms with Crippen molar-refractivity contribution >= 4 is 0 Å². The molecule has 0 radical (unpaired) electrons. The molecule has 0 unspecified atom stereocenters. The summed E-state index contributed by atoms with van der Waals surface area (Å²) in [4.78, 5) is 0. The van der Waals surface area contributed by atoms with Crippen molar-refractivity contribution in [2.75, 3.05) is 0 Å². The fourth-order valence-corrected chi connectivity index (χ4v) is 1.42. The molecule has 0 bridgehead atoms. The van der Waals surface area contributed by atoms with Gasteiger partial charge in [-0.2, -0.15) is 5.10 Å². The Morgan fingerprint density at radius 3 is 2.53 bits per heavy atom. The maximum absolute atomic E-state index is 13.4. The van der Waals surface area contributed by atoms with Crippen LogP contribution in [-0.4, -0.2) is 9.78 Å². The molecule has 0 saturated heterocycles. The Labute approximate surface area is 88.4 Å². The van der Waals surface area contributed by atoms with Gasteiger partial charge in [0.1, 0.15) is 11.5 Å². The molecule has 1 aromatic carbocycles. The topological polar surface area (TPSA) is 17.8 Å². The van der Waals surface area contributed by atoms with Crippen LogP contribution in [0.1, 0.15) is 25.5 Å². The smallest absolute Gasteiger partial charge is 0.148 e. The van der Waals surface area contributed by atoms with Crippen LogP contribution in [0, 0.1) is 5.82 Å². The lowest BCUT2D eigenvalue weighted by atomic mass is 10.1. The molecule has 0 aliphatic rings. The summed E-state index contributed by atoms with van der Waals surface area (Å²) in [5, 5.41) is 4.32. The first-order chi connectivity index (χ1) is 7.18. The lowest BCUT2D eigenvalue weighted by Gasteiger charge is -2.03. The van der Waals surface area contributed by atoms with Gasteiger partial charge in [-0.05, 0) is 24.1 Å². The first-order valence-corrected chi connectivity index (χ1v) is 4.99. The fraction of sp³-hybridized carbons (Fsp3) is 0.250. The molecule has 0 spiro atoms. The lowest BCUT2D eigenvalue weighted by Crippen LogP contribution is -1.99. The zero-order valence-electron chi connectivity index (χ0n) is 8.81. The largest absolute Gasteiger partial charge is 0.238 e. The SMILES string of the molecule is CC(C)c1ccn(-c2ccccc2F)n1. The summed E-state index contributed by atoms with van der Waals surface area (Å²) in [6, 6.07) is 8.54. The predicted molar refractivity (Wildman–Crippen MR) is 57.6 cm³/mol. The number of hydrogen-bond acceptors (Lipinski definition) is 1. The van der Waals surface area contributed by atoms with Crippen LogP contribution in [-0.2, 0) is 0 Å². The van der Waals surface area contributed by atoms with Crippen molar-refractivity contribution in [3.8, 4) is 5.69 Å². The van der Waals surface area contributed by atoms with Gasteiger partial charge in [-0.1, -0.05) is 26.0 Å². The van der Waals surface area contributed by atoms with Gasteiger partial charge in [0.25, 0.3) is 0 Å². The molecule has 0 amide bonds. The van der Waals surface area contributed by atoms with Gasteiger partial charge >= 0.3 is 0 Å². The summed E-state index contributed by atoms with van der Waals surface area (Å²) in [6.45, 7) is 4.13. The van der Waals surface area contributed by atoms with Crippen molar-refractivity contribution in [3.05, 3.63) is 48.0 Å². The Morgan fingerprint density at radius 1 is 1.20 bits per heavy atom. The molecule has 1 heterocycles. The molecule has 2 aromatic rings. The summed E-state index contributed by atoms with van der Waals surface area (Å²) in [7, 11) is 0. The standard InChI is InChI=1S/C12H13FN2/c1-9(2)11-7-8-15(14-11)12-6-4-3-5-10(12)13/h3-9H,1-2H3. The van der Waals surface area contributed by atoms with Gasteiger partial charge in [-0.15, -0.1) is 0 Å². The molecular weight excluding hydrogens is 191 g/mol. The zero-order chi connectivity index (χ0) is 10.8. The van der Waals surface area contributed by atoms with Gasteiger partial charge in [0.15, 0.2) is 0 Å². The van der Waals surface area contributed by atoms with Crippen molar-refractivity contribution in [1.82, 2.24) is 9.78 Å². The molecule has 3 heteroatoms. The van der Waals surface area contributed by atoms with Gasteiger partial charge in [-0.25, -0.2) is 9.07 Å². The van der Waals surface area contributed by atoms with E-state index in [1.54, 1.807) is 29.1 Å². The van der Waals surface area contributed by atoms with Crippen LogP contribution < -0.4 is 0 Å². The molecule has 2 nitrogen and oxygen atoms in total. The van der Waals surface area contributed by atoms with Crippen LogP contribution in [0.2, 0.25) is 0 Å². The predicted octanol–water partition coefficient (Wildman–Crippen LogP) is 3.13. The number of benzene rings is 1. The van der Waals surface area contributed by atoms with Crippen molar-refractivity contribution in [2.24, 2.45) is 0 Å². The molecular formula is C12H13FN2. The van der Waals surface area contributed by atoms with Crippen LogP contribution >= 0.6 is 0 Å². The summed E-state index contributed by atoms with van der Waals surface area (Å²) >= 11 is 0. The summed E-state index contributed by atoms with van der Waals surface area (Å²) < 4.78 is 15.0. The molecule has 0 saturated carbocycles. The first kappa shape index (κ1) is 9.90. The maximum atomic E-state index is 13.4. The summed E-state index contributed by atoms with van der Waals surface area (Å²) in [6.07, 6.45) is 1.79. The number of para-hydroxylation sites is 1. The number of aromatic nitrogens is 2. The summed E-state index contributed by atoms with van der Waals surface area (Å²) in [5.41, 5.74) is 1.46. The van der Waals surface area contributed by atoms with Crippen LogP contribution in [0.15, 0.2) is 36.5 Å². The Morgan fingerprint density at radius 2 is 1.93 bits per heavy atom. The normalized spacial score (nSPS) is 10.9. The minimum atomic E-state index is -0.254. The van der Waals surface area contributed by atoms with E-state index >= 15 is 0 Å². The van der Waals surface area contributed by atoms with Gasteiger partial charge in [0.2, 0.25) is 0 Å². The van der Waals surface area contributed by atoms with Crippen LogP contribution in [0.25, 0.3) is 5.69 Å². The Balaban J connectivity index is 2.42. The molecule has 15 heavy (non-hydrogen) atoms. The van der Waals surface area contributed by atoms with Crippen LogP contribution in [0.3, 0.4) is 0 Å². The van der Waals surface area contributed by atoms with Gasteiger partial charge in [-0.3, -0.25) is 0 Å². The second-order valence-corrected chi connectivity index (χ2v) is 3.79. The van der Waals surface area contributed by atoms with Crippen LogP contribution in [0.4, 0.5) is 4.39 Å². The molecule has 78 valence electrons. The third-order valence-corrected chi connectivity index (χ3v) is 2.30. The number of halogens is 1. The highest BCUT2D eigenvalue weighted by molar-refractivity contribution is 5.32. The second kappa shape index (κ2) is 3.85. The van der Waals surface area contributed by atoms with E-state index in [1.165, 1.54) is 6.07 Å². The average molecular weight is 204 g/mol. The van der Waals surface area contributed by atoms with E-state index < -0.39 is 0 Å². The van der Waals surface area contributed by atoms with Crippen molar-refractivity contribution in [3.63, 3.8) is 0 Å². The Bertz CT molecular complexity index is 460. The van der Waals surface area contributed by atoms with E-state index in [2.05, 4.69) is 18.9 Å². The maximum Gasteiger partial charge on any atom is 0.148 e. The highest BCUT2D eigenvalue weighted by Crippen LogP contribution is 2.15. The van der Waals surface area contributed by atoms with Gasteiger partial charge < -0.3 is 0 Å². The first-order valence-electron chi connectivity index (χ1n) is 4.99. The highest BCUT2D eigenvalue weighted by atomic mass is 19.1. The van der Waals surface area contributed by atoms with Gasteiger partial charge in [0.05, 0.1) is 5.69 Å². The number of rotatable bonds is 2. The third-order valence-electron chi connectivity index (χ3n) is 2.30. The minimum absolute atomic E-state index is 0.254. The lowest BCUT2D eigenvalue weighted by molar-refractivity contribution is 0.608. The third kappa shape index (κ3) is 1.91. The minimum Gasteiger partial charge on any atom is -0.238 e. The monoisotopic (exact) mass is 204 g/mol. The average Bonchev–Trinajstić information content (AvgIpc) is 2.67. The van der Waals surface area contributed by atoms with E-state index in [0.717, 1.165) is 5.69 Å². The van der Waals surface area contributed by atoms with E-state index in [9.17, 15) is 4.39 Å². The fourth-order valence-electron chi connectivity index (χ4n) is 1.42.